The highest BCUT2D eigenvalue weighted by Gasteiger charge is 2.77. The molecule has 6 nitrogen and oxygen atoms in total. The van der Waals surface area contributed by atoms with Gasteiger partial charge in [-0.2, -0.15) is 0 Å². The minimum atomic E-state index is -2.00. The van der Waals surface area contributed by atoms with E-state index >= 15 is 0 Å². The number of hydrogen-bond acceptors (Lipinski definition) is 6. The van der Waals surface area contributed by atoms with Crippen LogP contribution in [0.4, 0.5) is 0 Å². The van der Waals surface area contributed by atoms with Gasteiger partial charge in [0.25, 0.3) is 0 Å². The highest BCUT2D eigenvalue weighted by atomic mass is 16.5. The number of ketones is 3. The maximum Gasteiger partial charge on any atom is 0.184 e. The number of allylic oxidation sites excluding steroid dienone is 3. The van der Waals surface area contributed by atoms with Crippen LogP contribution in [0.25, 0.3) is 0 Å². The fourth-order valence-corrected chi connectivity index (χ4v) is 6.90. The molecule has 2 unspecified atom stereocenters. The van der Waals surface area contributed by atoms with Crippen LogP contribution >= 0.6 is 0 Å². The normalized spacial score (nSPS) is 30.4. The summed E-state index contributed by atoms with van der Waals surface area (Å²) in [5.74, 6) is -1.54. The van der Waals surface area contributed by atoms with Crippen molar-refractivity contribution in [3.05, 3.63) is 71.0 Å². The van der Waals surface area contributed by atoms with Gasteiger partial charge in [-0.3, -0.25) is 14.4 Å². The van der Waals surface area contributed by atoms with Crippen LogP contribution in [0.5, 0.6) is 0 Å². The molecule has 5 atom stereocenters. The fourth-order valence-electron chi connectivity index (χ4n) is 6.90. The number of benzene rings is 1. The third kappa shape index (κ3) is 4.27. The van der Waals surface area contributed by atoms with Crippen LogP contribution in [0.1, 0.15) is 84.5 Å². The molecule has 1 aromatic carbocycles. The molecule has 0 radical (unpaired) electrons. The van der Waals surface area contributed by atoms with Crippen molar-refractivity contribution in [3.63, 3.8) is 0 Å². The molecular weight excluding hydrogens is 492 g/mol. The molecule has 2 fully saturated rings. The second kappa shape index (κ2) is 9.67. The average Bonchev–Trinajstić information content (AvgIpc) is 3.24. The summed E-state index contributed by atoms with van der Waals surface area (Å²) < 4.78 is 6.33. The number of ether oxygens (including phenoxy) is 1. The van der Waals surface area contributed by atoms with Gasteiger partial charge >= 0.3 is 0 Å². The highest BCUT2D eigenvalue weighted by Crippen LogP contribution is 2.69. The molecule has 1 heterocycles. The van der Waals surface area contributed by atoms with Crippen molar-refractivity contribution in [3.8, 4) is 0 Å². The SMILES string of the molecule is C=C(C)C(O)CC1=C2O[C@@H](C(C)(C)O)CC23C[C@@H](CC=C(C)C)C(C)(C)[C@](C(=O)c2ccccc2)(C1=O)C3=O. The first-order valence-corrected chi connectivity index (χ1v) is 13.8. The van der Waals surface area contributed by atoms with E-state index in [4.69, 9.17) is 4.74 Å². The monoisotopic (exact) mass is 534 g/mol. The molecule has 1 aromatic rings. The first kappa shape index (κ1) is 29.2. The first-order chi connectivity index (χ1) is 18.0. The Balaban J connectivity index is 2.07. The van der Waals surface area contributed by atoms with E-state index in [0.29, 0.717) is 24.0 Å². The molecule has 0 aromatic heterocycles. The summed E-state index contributed by atoms with van der Waals surface area (Å²) >= 11 is 0. The third-order valence-corrected chi connectivity index (χ3v) is 9.42. The molecule has 3 aliphatic rings. The largest absolute Gasteiger partial charge is 0.490 e. The van der Waals surface area contributed by atoms with Crippen molar-refractivity contribution < 1.29 is 29.3 Å². The lowest BCUT2D eigenvalue weighted by atomic mass is 9.39. The molecule has 210 valence electrons. The molecule has 1 saturated carbocycles. The van der Waals surface area contributed by atoms with Gasteiger partial charge in [0, 0.05) is 24.0 Å². The predicted octanol–water partition coefficient (Wildman–Crippen LogP) is 5.54. The zero-order chi connectivity index (χ0) is 29.1. The second-order valence-corrected chi connectivity index (χ2v) is 13.2. The molecule has 39 heavy (non-hydrogen) atoms. The van der Waals surface area contributed by atoms with Gasteiger partial charge in [0.1, 0.15) is 11.9 Å². The summed E-state index contributed by atoms with van der Waals surface area (Å²) in [6.45, 7) is 16.5. The standard InChI is InChI=1S/C33H42O6/c1-19(2)14-15-22-17-32-18-25(31(7,8)38)39-28(32)23(16-24(34)20(3)4)27(36)33(29(32)37,30(22,5)6)26(35)21-12-10-9-11-13-21/h9-14,22,24-25,34,38H,3,15-18H2,1-2,4-8H3/t22-,24?,25-,32?,33-/m1/s1. The quantitative estimate of drug-likeness (QED) is 0.258. The van der Waals surface area contributed by atoms with Crippen molar-refractivity contribution >= 4 is 17.3 Å². The molecule has 6 heteroatoms. The molecule has 1 aliphatic heterocycles. The van der Waals surface area contributed by atoms with Crippen LogP contribution in [0.2, 0.25) is 0 Å². The van der Waals surface area contributed by atoms with E-state index in [1.807, 2.05) is 27.7 Å². The fraction of sp³-hybridized carbons (Fsp3) is 0.545. The summed E-state index contributed by atoms with van der Waals surface area (Å²) in [5, 5.41) is 21.8. The lowest BCUT2D eigenvalue weighted by Crippen LogP contribution is -2.69. The minimum Gasteiger partial charge on any atom is -0.490 e. The van der Waals surface area contributed by atoms with Crippen molar-refractivity contribution in [2.45, 2.75) is 92.0 Å². The van der Waals surface area contributed by atoms with Gasteiger partial charge in [-0.25, -0.2) is 0 Å². The Morgan fingerprint density at radius 3 is 2.31 bits per heavy atom. The van der Waals surface area contributed by atoms with Crippen LogP contribution in [0, 0.1) is 22.2 Å². The highest BCUT2D eigenvalue weighted by molar-refractivity contribution is 6.36. The van der Waals surface area contributed by atoms with Gasteiger partial charge in [-0.05, 0) is 58.8 Å². The van der Waals surface area contributed by atoms with E-state index in [9.17, 15) is 24.6 Å². The van der Waals surface area contributed by atoms with Gasteiger partial charge in [0.2, 0.25) is 0 Å². The van der Waals surface area contributed by atoms with Gasteiger partial charge in [0.15, 0.2) is 22.8 Å². The van der Waals surface area contributed by atoms with E-state index in [0.717, 1.165) is 5.57 Å². The number of carbonyl (C=O) groups is 3. The Morgan fingerprint density at radius 2 is 1.77 bits per heavy atom. The van der Waals surface area contributed by atoms with E-state index < -0.39 is 51.4 Å². The summed E-state index contributed by atoms with van der Waals surface area (Å²) in [7, 11) is 0. The third-order valence-electron chi connectivity index (χ3n) is 9.42. The van der Waals surface area contributed by atoms with Crippen LogP contribution in [0.15, 0.2) is 65.5 Å². The van der Waals surface area contributed by atoms with E-state index in [2.05, 4.69) is 12.7 Å². The smallest absolute Gasteiger partial charge is 0.184 e. The molecule has 4 rings (SSSR count). The lowest BCUT2D eigenvalue weighted by molar-refractivity contribution is -0.163. The number of rotatable bonds is 8. The van der Waals surface area contributed by atoms with E-state index in [1.165, 1.54) is 0 Å². The maximum atomic E-state index is 15.0. The molecular formula is C33H42O6. The summed E-state index contributed by atoms with van der Waals surface area (Å²) in [4.78, 5) is 44.4. The van der Waals surface area contributed by atoms with Crippen molar-refractivity contribution in [2.75, 3.05) is 0 Å². The zero-order valence-electron chi connectivity index (χ0n) is 24.3. The van der Waals surface area contributed by atoms with Crippen molar-refractivity contribution in [2.24, 2.45) is 22.2 Å². The summed E-state index contributed by atoms with van der Waals surface area (Å²) in [5.41, 5.74) is -3.56. The molecule has 0 amide bonds. The molecule has 2 aliphatic carbocycles. The first-order valence-electron chi connectivity index (χ1n) is 13.8. The summed E-state index contributed by atoms with van der Waals surface area (Å²) in [6, 6.07) is 8.53. The van der Waals surface area contributed by atoms with Crippen molar-refractivity contribution in [1.29, 1.82) is 0 Å². The predicted molar refractivity (Wildman–Crippen MR) is 150 cm³/mol. The maximum absolute atomic E-state index is 15.0. The zero-order valence-corrected chi connectivity index (χ0v) is 24.3. The van der Waals surface area contributed by atoms with Gasteiger partial charge in [-0.1, -0.05) is 68.0 Å². The Kier molecular flexibility index (Phi) is 7.23. The van der Waals surface area contributed by atoms with Crippen LogP contribution in [-0.4, -0.2) is 45.4 Å². The Labute approximate surface area is 231 Å². The average molecular weight is 535 g/mol. The van der Waals surface area contributed by atoms with Gasteiger partial charge in [0.05, 0.1) is 17.1 Å². The minimum absolute atomic E-state index is 0.115. The lowest BCUT2D eigenvalue weighted by Gasteiger charge is -2.58. The second-order valence-electron chi connectivity index (χ2n) is 13.2. The molecule has 2 N–H and O–H groups in total. The van der Waals surface area contributed by atoms with Crippen molar-refractivity contribution in [1.82, 2.24) is 0 Å². The van der Waals surface area contributed by atoms with E-state index in [1.54, 1.807) is 51.1 Å². The molecule has 1 spiro atoms. The summed E-state index contributed by atoms with van der Waals surface area (Å²) in [6.07, 6.45) is 1.30. The number of carbonyl (C=O) groups excluding carboxylic acids is 3. The number of aliphatic hydroxyl groups excluding tert-OH is 1. The van der Waals surface area contributed by atoms with Crippen LogP contribution in [-0.2, 0) is 14.3 Å². The molecule has 1 saturated heterocycles. The number of aliphatic hydroxyl groups is 2. The number of hydrogen-bond donors (Lipinski definition) is 2. The Bertz CT molecular complexity index is 1270. The Morgan fingerprint density at radius 1 is 1.15 bits per heavy atom. The topological polar surface area (TPSA) is 101 Å². The van der Waals surface area contributed by atoms with Crippen LogP contribution < -0.4 is 0 Å². The van der Waals surface area contributed by atoms with E-state index in [-0.39, 0.29) is 30.1 Å². The van der Waals surface area contributed by atoms with Crippen LogP contribution in [0.3, 0.4) is 0 Å². The number of Topliss-reactive ketones (excluding diaryl/α,β-unsaturated/α-hetero) is 3. The number of fused-ring (bicyclic) bond motifs is 1. The van der Waals surface area contributed by atoms with Gasteiger partial charge in [-0.15, -0.1) is 0 Å². The molecule has 2 bridgehead atoms. The Hall–Kier alpha value is -2.83. The van der Waals surface area contributed by atoms with Gasteiger partial charge < -0.3 is 14.9 Å².